The van der Waals surface area contributed by atoms with Gasteiger partial charge in [0, 0.05) is 10.9 Å². The molecule has 4 nitrogen and oxygen atoms in total. The van der Waals surface area contributed by atoms with E-state index in [1.807, 2.05) is 48.5 Å². The summed E-state index contributed by atoms with van der Waals surface area (Å²) in [5, 5.41) is 13.0. The average Bonchev–Trinajstić information content (AvgIpc) is 2.63. The molecule has 2 heterocycles. The van der Waals surface area contributed by atoms with Crippen LogP contribution < -0.4 is 5.32 Å². The standard InChI is InChI=1S/C20H16N4/c1-14-6-2-4-8-17(14)19-10-11-20(24-23-19)22-16-12-15-7-3-5-9-18(15)21-13-16/h2-13H,1H3,(H,22,24). The van der Waals surface area contributed by atoms with Crippen molar-refractivity contribution in [1.29, 1.82) is 0 Å². The molecular formula is C20H16N4. The van der Waals surface area contributed by atoms with Gasteiger partial charge in [0.2, 0.25) is 0 Å². The first kappa shape index (κ1) is 14.3. The molecule has 0 aliphatic carbocycles. The molecule has 24 heavy (non-hydrogen) atoms. The van der Waals surface area contributed by atoms with Crippen molar-refractivity contribution < 1.29 is 0 Å². The van der Waals surface area contributed by atoms with Gasteiger partial charge in [-0.15, -0.1) is 10.2 Å². The second-order valence-electron chi connectivity index (χ2n) is 5.66. The molecule has 2 aromatic heterocycles. The summed E-state index contributed by atoms with van der Waals surface area (Å²) >= 11 is 0. The number of fused-ring (bicyclic) bond motifs is 1. The van der Waals surface area contributed by atoms with Crippen LogP contribution in [0, 0.1) is 6.92 Å². The van der Waals surface area contributed by atoms with Crippen molar-refractivity contribution in [2.24, 2.45) is 0 Å². The van der Waals surface area contributed by atoms with E-state index in [9.17, 15) is 0 Å². The molecular weight excluding hydrogens is 296 g/mol. The number of pyridine rings is 1. The van der Waals surface area contributed by atoms with E-state index in [0.717, 1.165) is 27.8 Å². The molecule has 0 bridgehead atoms. The van der Waals surface area contributed by atoms with Gasteiger partial charge in [-0.25, -0.2) is 0 Å². The van der Waals surface area contributed by atoms with E-state index in [0.29, 0.717) is 5.82 Å². The number of hydrogen-bond acceptors (Lipinski definition) is 4. The van der Waals surface area contributed by atoms with Crippen LogP contribution in [0.5, 0.6) is 0 Å². The normalized spacial score (nSPS) is 10.7. The van der Waals surface area contributed by atoms with Gasteiger partial charge in [-0.1, -0.05) is 42.5 Å². The summed E-state index contributed by atoms with van der Waals surface area (Å²) < 4.78 is 0. The smallest absolute Gasteiger partial charge is 0.153 e. The fraction of sp³-hybridized carbons (Fsp3) is 0.0500. The van der Waals surface area contributed by atoms with E-state index in [1.54, 1.807) is 6.20 Å². The van der Waals surface area contributed by atoms with Crippen molar-refractivity contribution in [3.05, 3.63) is 78.5 Å². The Morgan fingerprint density at radius 3 is 2.50 bits per heavy atom. The molecule has 4 rings (SSSR count). The van der Waals surface area contributed by atoms with Crippen molar-refractivity contribution in [3.8, 4) is 11.3 Å². The van der Waals surface area contributed by atoms with Gasteiger partial charge in [0.1, 0.15) is 0 Å². The van der Waals surface area contributed by atoms with Gasteiger partial charge in [0.25, 0.3) is 0 Å². The molecule has 4 heteroatoms. The highest BCUT2D eigenvalue weighted by Gasteiger charge is 2.04. The Morgan fingerprint density at radius 2 is 1.67 bits per heavy atom. The summed E-state index contributed by atoms with van der Waals surface area (Å²) in [5.74, 6) is 0.699. The van der Waals surface area contributed by atoms with E-state index in [1.165, 1.54) is 5.56 Å². The zero-order valence-electron chi connectivity index (χ0n) is 13.3. The summed E-state index contributed by atoms with van der Waals surface area (Å²) in [6, 6.07) is 22.2. The Hall–Kier alpha value is -3.27. The number of rotatable bonds is 3. The number of anilines is 2. The quantitative estimate of drug-likeness (QED) is 0.593. The second kappa shape index (κ2) is 6.08. The highest BCUT2D eigenvalue weighted by molar-refractivity contribution is 5.82. The lowest BCUT2D eigenvalue weighted by Gasteiger charge is -2.07. The molecule has 0 atom stereocenters. The molecule has 0 spiro atoms. The van der Waals surface area contributed by atoms with Gasteiger partial charge in [-0.2, -0.15) is 0 Å². The Balaban J connectivity index is 1.59. The maximum atomic E-state index is 4.44. The minimum Gasteiger partial charge on any atom is -0.337 e. The Kier molecular flexibility index (Phi) is 3.63. The first-order valence-electron chi connectivity index (χ1n) is 7.81. The number of aryl methyl sites for hydroxylation is 1. The van der Waals surface area contributed by atoms with Crippen molar-refractivity contribution in [2.45, 2.75) is 6.92 Å². The third kappa shape index (κ3) is 2.82. The molecule has 4 aromatic rings. The summed E-state index contributed by atoms with van der Waals surface area (Å²) in [7, 11) is 0. The van der Waals surface area contributed by atoms with Gasteiger partial charge >= 0.3 is 0 Å². The van der Waals surface area contributed by atoms with Crippen LogP contribution in [-0.4, -0.2) is 15.2 Å². The van der Waals surface area contributed by atoms with Crippen LogP contribution in [0.15, 0.2) is 72.9 Å². The maximum absolute atomic E-state index is 4.44. The lowest BCUT2D eigenvalue weighted by molar-refractivity contribution is 1.04. The minimum absolute atomic E-state index is 0.699. The van der Waals surface area contributed by atoms with Gasteiger partial charge in [-0.05, 0) is 36.8 Å². The zero-order valence-corrected chi connectivity index (χ0v) is 13.3. The molecule has 2 aromatic carbocycles. The molecule has 0 radical (unpaired) electrons. The summed E-state index contributed by atoms with van der Waals surface area (Å²) in [6.07, 6.45) is 1.80. The van der Waals surface area contributed by atoms with Crippen molar-refractivity contribution >= 4 is 22.4 Å². The van der Waals surface area contributed by atoms with Crippen molar-refractivity contribution in [1.82, 2.24) is 15.2 Å². The Labute approximate surface area is 140 Å². The molecule has 116 valence electrons. The van der Waals surface area contributed by atoms with Crippen LogP contribution in [0.25, 0.3) is 22.2 Å². The molecule has 0 amide bonds. The molecule has 0 aliphatic rings. The van der Waals surface area contributed by atoms with Crippen LogP contribution >= 0.6 is 0 Å². The van der Waals surface area contributed by atoms with E-state index < -0.39 is 0 Å². The predicted octanol–water partition coefficient (Wildman–Crippen LogP) is 4.74. The van der Waals surface area contributed by atoms with Crippen molar-refractivity contribution in [3.63, 3.8) is 0 Å². The molecule has 0 aliphatic heterocycles. The fourth-order valence-electron chi connectivity index (χ4n) is 2.69. The number of nitrogens with one attached hydrogen (secondary N) is 1. The van der Waals surface area contributed by atoms with E-state index >= 15 is 0 Å². The zero-order chi connectivity index (χ0) is 16.4. The molecule has 0 unspecified atom stereocenters. The van der Waals surface area contributed by atoms with E-state index in [2.05, 4.69) is 45.6 Å². The highest BCUT2D eigenvalue weighted by Crippen LogP contribution is 2.23. The van der Waals surface area contributed by atoms with E-state index in [-0.39, 0.29) is 0 Å². The third-order valence-corrected chi connectivity index (χ3v) is 3.95. The van der Waals surface area contributed by atoms with Gasteiger partial charge in [-0.3, -0.25) is 4.98 Å². The first-order valence-corrected chi connectivity index (χ1v) is 7.81. The Bertz CT molecular complexity index is 994. The molecule has 0 saturated carbocycles. The first-order chi connectivity index (χ1) is 11.8. The average molecular weight is 312 g/mol. The van der Waals surface area contributed by atoms with Crippen LogP contribution in [0.4, 0.5) is 11.5 Å². The number of para-hydroxylation sites is 1. The summed E-state index contributed by atoms with van der Waals surface area (Å²) in [6.45, 7) is 2.07. The molecule has 0 fully saturated rings. The Morgan fingerprint density at radius 1 is 0.833 bits per heavy atom. The van der Waals surface area contributed by atoms with Crippen molar-refractivity contribution in [2.75, 3.05) is 5.32 Å². The van der Waals surface area contributed by atoms with Crippen LogP contribution in [0.2, 0.25) is 0 Å². The number of aromatic nitrogens is 3. The lowest BCUT2D eigenvalue weighted by Crippen LogP contribution is -1.97. The minimum atomic E-state index is 0.699. The van der Waals surface area contributed by atoms with Crippen LogP contribution in [0.1, 0.15) is 5.56 Å². The van der Waals surface area contributed by atoms with Gasteiger partial charge in [0.15, 0.2) is 5.82 Å². The summed E-state index contributed by atoms with van der Waals surface area (Å²) in [4.78, 5) is 4.44. The number of benzene rings is 2. The maximum Gasteiger partial charge on any atom is 0.153 e. The predicted molar refractivity (Wildman–Crippen MR) is 97.2 cm³/mol. The topological polar surface area (TPSA) is 50.7 Å². The third-order valence-electron chi connectivity index (χ3n) is 3.95. The fourth-order valence-corrected chi connectivity index (χ4v) is 2.69. The van der Waals surface area contributed by atoms with E-state index in [4.69, 9.17) is 0 Å². The second-order valence-corrected chi connectivity index (χ2v) is 5.66. The van der Waals surface area contributed by atoms with Crippen LogP contribution in [-0.2, 0) is 0 Å². The number of hydrogen-bond donors (Lipinski definition) is 1. The number of nitrogens with zero attached hydrogens (tertiary/aromatic N) is 3. The van der Waals surface area contributed by atoms with Gasteiger partial charge in [0.05, 0.1) is 23.1 Å². The van der Waals surface area contributed by atoms with Crippen LogP contribution in [0.3, 0.4) is 0 Å². The molecule has 0 saturated heterocycles. The molecule has 1 N–H and O–H groups in total. The largest absolute Gasteiger partial charge is 0.337 e. The SMILES string of the molecule is Cc1ccccc1-c1ccc(Nc2cnc3ccccc3c2)nn1. The monoisotopic (exact) mass is 312 g/mol. The van der Waals surface area contributed by atoms with Gasteiger partial charge < -0.3 is 5.32 Å². The highest BCUT2D eigenvalue weighted by atomic mass is 15.2. The summed E-state index contributed by atoms with van der Waals surface area (Å²) in [5.41, 5.74) is 5.03. The lowest BCUT2D eigenvalue weighted by atomic mass is 10.1.